The summed E-state index contributed by atoms with van der Waals surface area (Å²) in [6, 6.07) is 6.76. The van der Waals surface area contributed by atoms with E-state index in [2.05, 4.69) is 58.4 Å². The molecule has 0 aromatic heterocycles. The van der Waals surface area contributed by atoms with E-state index in [1.165, 1.54) is 24.2 Å². The van der Waals surface area contributed by atoms with Gasteiger partial charge in [0.2, 0.25) is 0 Å². The molecule has 2 rings (SSSR count). The predicted octanol–water partition coefficient (Wildman–Crippen LogP) is 3.35. The van der Waals surface area contributed by atoms with Crippen molar-refractivity contribution in [1.29, 1.82) is 0 Å². The van der Waals surface area contributed by atoms with E-state index in [0.29, 0.717) is 6.04 Å². The topological polar surface area (TPSA) is 24.5 Å². The summed E-state index contributed by atoms with van der Waals surface area (Å²) in [4.78, 5) is 2.13. The zero-order chi connectivity index (χ0) is 13.1. The third-order valence-electron chi connectivity index (χ3n) is 3.32. The first-order valence-corrected chi connectivity index (χ1v) is 7.13. The minimum atomic E-state index is 0.419. The van der Waals surface area contributed by atoms with Crippen LogP contribution in [0.2, 0.25) is 0 Å². The van der Waals surface area contributed by atoms with E-state index in [1.807, 2.05) is 0 Å². The van der Waals surface area contributed by atoms with Gasteiger partial charge in [-0.3, -0.25) is 0 Å². The van der Waals surface area contributed by atoms with Crippen LogP contribution in [0.15, 0.2) is 22.7 Å². The predicted molar refractivity (Wildman–Crippen MR) is 80.5 cm³/mol. The molecule has 0 amide bonds. The Balaban J connectivity index is 2.17. The molecular formula is C14H21BrN2O. The van der Waals surface area contributed by atoms with Crippen molar-refractivity contribution in [2.24, 2.45) is 5.92 Å². The molecule has 0 aliphatic heterocycles. The Labute approximate surface area is 118 Å². The van der Waals surface area contributed by atoms with Crippen molar-refractivity contribution in [3.8, 4) is 0 Å². The third kappa shape index (κ3) is 3.39. The second-order valence-electron chi connectivity index (χ2n) is 5.10. The Hall–Kier alpha value is -0.740. The minimum Gasteiger partial charge on any atom is -0.383 e. The fourth-order valence-corrected chi connectivity index (χ4v) is 2.55. The number of anilines is 2. The SMILES string of the molecule is COCC(Nc1cc(Br)ccc1N(C)C)C1CC1. The number of nitrogens with one attached hydrogen (secondary N) is 1. The van der Waals surface area contributed by atoms with Crippen molar-refractivity contribution in [2.45, 2.75) is 18.9 Å². The number of nitrogens with zero attached hydrogens (tertiary/aromatic N) is 1. The van der Waals surface area contributed by atoms with Crippen LogP contribution in [0.1, 0.15) is 12.8 Å². The minimum absolute atomic E-state index is 0.419. The highest BCUT2D eigenvalue weighted by molar-refractivity contribution is 9.10. The van der Waals surface area contributed by atoms with Crippen LogP contribution >= 0.6 is 15.9 Å². The molecule has 3 nitrogen and oxygen atoms in total. The van der Waals surface area contributed by atoms with Gasteiger partial charge in [-0.2, -0.15) is 0 Å². The first-order chi connectivity index (χ1) is 8.61. The monoisotopic (exact) mass is 312 g/mol. The van der Waals surface area contributed by atoms with Gasteiger partial charge in [0.1, 0.15) is 0 Å². The van der Waals surface area contributed by atoms with Crippen LogP contribution in [-0.2, 0) is 4.74 Å². The molecule has 1 N–H and O–H groups in total. The fourth-order valence-electron chi connectivity index (χ4n) is 2.19. The lowest BCUT2D eigenvalue weighted by atomic mass is 10.1. The number of ether oxygens (including phenoxy) is 1. The van der Waals surface area contributed by atoms with Crippen molar-refractivity contribution in [2.75, 3.05) is 38.0 Å². The molecule has 4 heteroatoms. The van der Waals surface area contributed by atoms with E-state index in [9.17, 15) is 0 Å². The summed E-state index contributed by atoms with van der Waals surface area (Å²) >= 11 is 3.54. The highest BCUT2D eigenvalue weighted by Gasteiger charge is 2.31. The number of rotatable bonds is 6. The van der Waals surface area contributed by atoms with E-state index < -0.39 is 0 Å². The smallest absolute Gasteiger partial charge is 0.0666 e. The summed E-state index contributed by atoms with van der Waals surface area (Å²) in [5, 5.41) is 3.64. The molecule has 1 fully saturated rings. The summed E-state index contributed by atoms with van der Waals surface area (Å²) in [7, 11) is 5.90. The molecule has 1 aromatic carbocycles. The average Bonchev–Trinajstić information content (AvgIpc) is 3.12. The number of benzene rings is 1. The summed E-state index contributed by atoms with van der Waals surface area (Å²) in [6.45, 7) is 0.768. The van der Waals surface area contributed by atoms with Crippen molar-refractivity contribution in [3.63, 3.8) is 0 Å². The Kier molecular flexibility index (Phi) is 4.51. The summed E-state index contributed by atoms with van der Waals surface area (Å²) in [5.74, 6) is 0.763. The number of hydrogen-bond acceptors (Lipinski definition) is 3. The Bertz CT molecular complexity index is 405. The summed E-state index contributed by atoms with van der Waals surface area (Å²) < 4.78 is 6.42. The van der Waals surface area contributed by atoms with Crippen LogP contribution < -0.4 is 10.2 Å². The maximum atomic E-state index is 5.32. The van der Waals surface area contributed by atoms with E-state index in [0.717, 1.165) is 17.0 Å². The first kappa shape index (κ1) is 13.7. The van der Waals surface area contributed by atoms with Crippen LogP contribution in [0.3, 0.4) is 0 Å². The summed E-state index contributed by atoms with van der Waals surface area (Å²) in [6.07, 6.45) is 2.62. The van der Waals surface area contributed by atoms with Gasteiger partial charge in [0.15, 0.2) is 0 Å². The summed E-state index contributed by atoms with van der Waals surface area (Å²) in [5.41, 5.74) is 2.38. The first-order valence-electron chi connectivity index (χ1n) is 6.34. The van der Waals surface area contributed by atoms with Gasteiger partial charge in [0.05, 0.1) is 24.0 Å². The molecule has 0 bridgehead atoms. The number of methoxy groups -OCH3 is 1. The van der Waals surface area contributed by atoms with Gasteiger partial charge in [-0.05, 0) is 37.0 Å². The van der Waals surface area contributed by atoms with Crippen molar-refractivity contribution in [1.82, 2.24) is 0 Å². The second-order valence-corrected chi connectivity index (χ2v) is 6.02. The van der Waals surface area contributed by atoms with Gasteiger partial charge >= 0.3 is 0 Å². The molecule has 0 spiro atoms. The normalized spacial score (nSPS) is 16.4. The molecule has 100 valence electrons. The molecule has 18 heavy (non-hydrogen) atoms. The molecular weight excluding hydrogens is 292 g/mol. The zero-order valence-electron chi connectivity index (χ0n) is 11.2. The van der Waals surface area contributed by atoms with E-state index in [-0.39, 0.29) is 0 Å². The number of hydrogen-bond donors (Lipinski definition) is 1. The van der Waals surface area contributed by atoms with Gasteiger partial charge in [-0.25, -0.2) is 0 Å². The van der Waals surface area contributed by atoms with Gasteiger partial charge in [-0.1, -0.05) is 15.9 Å². The van der Waals surface area contributed by atoms with E-state index >= 15 is 0 Å². The molecule has 1 aliphatic rings. The van der Waals surface area contributed by atoms with Gasteiger partial charge < -0.3 is 15.0 Å². The lowest BCUT2D eigenvalue weighted by Crippen LogP contribution is -2.28. The molecule has 1 atom stereocenters. The lowest BCUT2D eigenvalue weighted by molar-refractivity contribution is 0.179. The Morgan fingerprint density at radius 2 is 2.17 bits per heavy atom. The molecule has 1 aromatic rings. The molecule has 1 aliphatic carbocycles. The highest BCUT2D eigenvalue weighted by atomic mass is 79.9. The van der Waals surface area contributed by atoms with Crippen molar-refractivity contribution < 1.29 is 4.74 Å². The van der Waals surface area contributed by atoms with Crippen molar-refractivity contribution >= 4 is 27.3 Å². The van der Waals surface area contributed by atoms with Gasteiger partial charge in [0, 0.05) is 25.7 Å². The molecule has 1 unspecified atom stereocenters. The maximum Gasteiger partial charge on any atom is 0.0666 e. The largest absolute Gasteiger partial charge is 0.383 e. The molecule has 0 heterocycles. The van der Waals surface area contributed by atoms with Gasteiger partial charge in [-0.15, -0.1) is 0 Å². The Morgan fingerprint density at radius 1 is 1.44 bits per heavy atom. The van der Waals surface area contributed by atoms with E-state index in [4.69, 9.17) is 4.74 Å². The maximum absolute atomic E-state index is 5.32. The standard InChI is InChI=1S/C14H21BrN2O/c1-17(2)14-7-6-11(15)8-12(14)16-13(9-18-3)10-4-5-10/h6-8,10,13,16H,4-5,9H2,1-3H3. The Morgan fingerprint density at radius 3 is 2.72 bits per heavy atom. The van der Waals surface area contributed by atoms with Crippen molar-refractivity contribution in [3.05, 3.63) is 22.7 Å². The quantitative estimate of drug-likeness (QED) is 0.871. The number of halogens is 1. The molecule has 0 radical (unpaired) electrons. The lowest BCUT2D eigenvalue weighted by Gasteiger charge is -2.24. The highest BCUT2D eigenvalue weighted by Crippen LogP contribution is 2.36. The van der Waals surface area contributed by atoms with Crippen LogP contribution in [0.25, 0.3) is 0 Å². The van der Waals surface area contributed by atoms with E-state index in [1.54, 1.807) is 7.11 Å². The fraction of sp³-hybridized carbons (Fsp3) is 0.571. The van der Waals surface area contributed by atoms with Crippen LogP contribution in [0, 0.1) is 5.92 Å². The zero-order valence-corrected chi connectivity index (χ0v) is 12.8. The molecule has 0 saturated heterocycles. The average molecular weight is 313 g/mol. The third-order valence-corrected chi connectivity index (χ3v) is 3.81. The van der Waals surface area contributed by atoms with Gasteiger partial charge in [0.25, 0.3) is 0 Å². The van der Waals surface area contributed by atoms with Crippen LogP contribution in [0.5, 0.6) is 0 Å². The molecule has 1 saturated carbocycles. The van der Waals surface area contributed by atoms with Crippen LogP contribution in [0.4, 0.5) is 11.4 Å². The second kappa shape index (κ2) is 5.93. The van der Waals surface area contributed by atoms with Crippen LogP contribution in [-0.4, -0.2) is 33.9 Å².